The number of carbonyl (C=O) groups is 1. The van der Waals surface area contributed by atoms with E-state index in [1.54, 1.807) is 19.9 Å². The lowest BCUT2D eigenvalue weighted by Crippen LogP contribution is -2.28. The maximum atomic E-state index is 13.4. The van der Waals surface area contributed by atoms with Crippen molar-refractivity contribution in [1.82, 2.24) is 10.3 Å². The molecule has 2 rings (SSSR count). The van der Waals surface area contributed by atoms with Crippen molar-refractivity contribution in [2.24, 2.45) is 0 Å². The summed E-state index contributed by atoms with van der Waals surface area (Å²) < 4.78 is 13.4. The third-order valence-corrected chi connectivity index (χ3v) is 3.43. The molecule has 0 fully saturated rings. The Labute approximate surface area is 122 Å². The number of rotatable bonds is 3. The highest BCUT2D eigenvalue weighted by atomic mass is 19.1. The van der Waals surface area contributed by atoms with Gasteiger partial charge in [0.25, 0.3) is 11.5 Å². The molecule has 0 saturated carbocycles. The van der Waals surface area contributed by atoms with Crippen LogP contribution in [0.5, 0.6) is 0 Å². The van der Waals surface area contributed by atoms with E-state index in [9.17, 15) is 14.0 Å². The number of benzene rings is 1. The minimum absolute atomic E-state index is 0.107. The van der Waals surface area contributed by atoms with Crippen molar-refractivity contribution in [3.05, 3.63) is 68.4 Å². The molecule has 2 N–H and O–H groups in total. The van der Waals surface area contributed by atoms with Crippen molar-refractivity contribution >= 4 is 5.91 Å². The van der Waals surface area contributed by atoms with E-state index >= 15 is 0 Å². The fourth-order valence-electron chi connectivity index (χ4n) is 2.22. The average molecular weight is 288 g/mol. The summed E-state index contributed by atoms with van der Waals surface area (Å²) in [6.45, 7) is 5.27. The molecular weight excluding hydrogens is 271 g/mol. The van der Waals surface area contributed by atoms with Crippen LogP contribution in [0.2, 0.25) is 0 Å². The number of aromatic nitrogens is 1. The number of pyridine rings is 1. The third kappa shape index (κ3) is 3.18. The zero-order valence-corrected chi connectivity index (χ0v) is 12.2. The molecule has 0 aliphatic rings. The Hall–Kier alpha value is -2.43. The van der Waals surface area contributed by atoms with Gasteiger partial charge in [-0.2, -0.15) is 0 Å². The van der Waals surface area contributed by atoms with Gasteiger partial charge in [0.15, 0.2) is 0 Å². The molecule has 5 heteroatoms. The van der Waals surface area contributed by atoms with Gasteiger partial charge in [-0.3, -0.25) is 9.59 Å². The first-order valence-corrected chi connectivity index (χ1v) is 6.63. The van der Waals surface area contributed by atoms with Crippen LogP contribution in [0.4, 0.5) is 4.39 Å². The molecule has 0 spiro atoms. The topological polar surface area (TPSA) is 62.0 Å². The lowest BCUT2D eigenvalue weighted by Gasteiger charge is -2.10. The number of carbonyl (C=O) groups excluding carboxylic acids is 1. The van der Waals surface area contributed by atoms with Crippen molar-refractivity contribution in [2.75, 3.05) is 0 Å². The number of amides is 1. The summed E-state index contributed by atoms with van der Waals surface area (Å²) in [6.07, 6.45) is 0. The number of nitrogens with one attached hydrogen (secondary N) is 2. The predicted molar refractivity (Wildman–Crippen MR) is 78.8 cm³/mol. The Bertz CT molecular complexity index is 750. The summed E-state index contributed by atoms with van der Waals surface area (Å²) in [5, 5.41) is 2.66. The Morgan fingerprint density at radius 2 is 2.00 bits per heavy atom. The van der Waals surface area contributed by atoms with Crippen LogP contribution in [0.1, 0.15) is 32.7 Å². The van der Waals surface area contributed by atoms with E-state index in [-0.39, 0.29) is 17.7 Å². The number of aromatic amines is 1. The van der Waals surface area contributed by atoms with Crippen molar-refractivity contribution in [1.29, 1.82) is 0 Å². The fraction of sp³-hybridized carbons (Fsp3) is 0.250. The van der Waals surface area contributed by atoms with Gasteiger partial charge in [-0.15, -0.1) is 0 Å². The molecular formula is C16H17FN2O2. The monoisotopic (exact) mass is 288 g/mol. The normalized spacial score (nSPS) is 10.5. The molecule has 0 aliphatic heterocycles. The second-order valence-electron chi connectivity index (χ2n) is 5.04. The lowest BCUT2D eigenvalue weighted by atomic mass is 10.1. The van der Waals surface area contributed by atoms with Gasteiger partial charge in [0.05, 0.1) is 0 Å². The van der Waals surface area contributed by atoms with Gasteiger partial charge in [-0.05, 0) is 50.1 Å². The standard InChI is InChI=1S/C16H17FN2O2/c1-9-7-10(2)19-16(21)13(9)8-18-15(20)12-5-4-6-14(17)11(12)3/h4-7H,8H2,1-3H3,(H,18,20)(H,19,21). The van der Waals surface area contributed by atoms with Crippen LogP contribution in [-0.2, 0) is 6.54 Å². The quantitative estimate of drug-likeness (QED) is 0.911. The van der Waals surface area contributed by atoms with Crippen molar-refractivity contribution < 1.29 is 9.18 Å². The number of hydrogen-bond donors (Lipinski definition) is 2. The highest BCUT2D eigenvalue weighted by Crippen LogP contribution is 2.12. The molecule has 2 aromatic rings. The van der Waals surface area contributed by atoms with Crippen LogP contribution in [0.25, 0.3) is 0 Å². The summed E-state index contributed by atoms with van der Waals surface area (Å²) in [7, 11) is 0. The smallest absolute Gasteiger partial charge is 0.253 e. The van der Waals surface area contributed by atoms with Gasteiger partial charge in [-0.1, -0.05) is 6.07 Å². The zero-order valence-electron chi connectivity index (χ0n) is 12.2. The highest BCUT2D eigenvalue weighted by Gasteiger charge is 2.13. The van der Waals surface area contributed by atoms with E-state index in [0.717, 1.165) is 11.3 Å². The molecule has 0 bridgehead atoms. The molecule has 0 atom stereocenters. The zero-order chi connectivity index (χ0) is 15.6. The first kappa shape index (κ1) is 15.0. The Balaban J connectivity index is 2.19. The minimum atomic E-state index is -0.424. The molecule has 0 unspecified atom stereocenters. The third-order valence-electron chi connectivity index (χ3n) is 3.43. The maximum Gasteiger partial charge on any atom is 0.253 e. The molecule has 1 amide bonds. The van der Waals surface area contributed by atoms with E-state index in [2.05, 4.69) is 10.3 Å². The minimum Gasteiger partial charge on any atom is -0.348 e. The number of H-pyrrole nitrogens is 1. The Morgan fingerprint density at radius 1 is 1.29 bits per heavy atom. The predicted octanol–water partition coefficient (Wildman–Crippen LogP) is 2.37. The molecule has 0 aliphatic carbocycles. The van der Waals surface area contributed by atoms with Gasteiger partial charge in [0.1, 0.15) is 5.82 Å². The van der Waals surface area contributed by atoms with Crippen molar-refractivity contribution in [2.45, 2.75) is 27.3 Å². The van der Waals surface area contributed by atoms with E-state index in [1.807, 2.05) is 13.0 Å². The molecule has 0 saturated heterocycles. The maximum absolute atomic E-state index is 13.4. The van der Waals surface area contributed by atoms with Gasteiger partial charge in [0.2, 0.25) is 0 Å². The van der Waals surface area contributed by atoms with Crippen LogP contribution < -0.4 is 10.9 Å². The fourth-order valence-corrected chi connectivity index (χ4v) is 2.22. The number of aryl methyl sites for hydroxylation is 2. The summed E-state index contributed by atoms with van der Waals surface area (Å²) >= 11 is 0. The van der Waals surface area contributed by atoms with E-state index in [1.165, 1.54) is 12.1 Å². The van der Waals surface area contributed by atoms with Gasteiger partial charge in [-0.25, -0.2) is 4.39 Å². The molecule has 0 radical (unpaired) electrons. The van der Waals surface area contributed by atoms with Crippen LogP contribution in [-0.4, -0.2) is 10.9 Å². The Kier molecular flexibility index (Phi) is 4.21. The van der Waals surface area contributed by atoms with Crippen molar-refractivity contribution in [3.63, 3.8) is 0 Å². The first-order valence-electron chi connectivity index (χ1n) is 6.63. The number of halogens is 1. The molecule has 1 heterocycles. The molecule has 1 aromatic carbocycles. The van der Waals surface area contributed by atoms with Gasteiger partial charge < -0.3 is 10.3 Å². The number of hydrogen-bond acceptors (Lipinski definition) is 2. The molecule has 4 nitrogen and oxygen atoms in total. The molecule has 21 heavy (non-hydrogen) atoms. The first-order chi connectivity index (χ1) is 9.90. The van der Waals surface area contributed by atoms with Crippen molar-refractivity contribution in [3.8, 4) is 0 Å². The summed E-state index contributed by atoms with van der Waals surface area (Å²) in [6, 6.07) is 6.19. The van der Waals surface area contributed by atoms with Crippen LogP contribution >= 0.6 is 0 Å². The average Bonchev–Trinajstić information content (AvgIpc) is 2.40. The molecule has 110 valence electrons. The van der Waals surface area contributed by atoms with Crippen LogP contribution in [0.3, 0.4) is 0 Å². The van der Waals surface area contributed by atoms with E-state index in [4.69, 9.17) is 0 Å². The summed E-state index contributed by atoms with van der Waals surface area (Å²) in [5.41, 5.74) is 2.44. The summed E-state index contributed by atoms with van der Waals surface area (Å²) in [4.78, 5) is 26.7. The second kappa shape index (κ2) is 5.91. The molecule has 1 aromatic heterocycles. The van der Waals surface area contributed by atoms with E-state index in [0.29, 0.717) is 11.1 Å². The van der Waals surface area contributed by atoms with E-state index < -0.39 is 11.7 Å². The van der Waals surface area contributed by atoms with Gasteiger partial charge >= 0.3 is 0 Å². The SMILES string of the molecule is Cc1cc(C)c(CNC(=O)c2cccc(F)c2C)c(=O)[nH]1. The lowest BCUT2D eigenvalue weighted by molar-refractivity contribution is 0.0949. The highest BCUT2D eigenvalue weighted by molar-refractivity contribution is 5.95. The van der Waals surface area contributed by atoms with Crippen LogP contribution in [0, 0.1) is 26.6 Å². The second-order valence-corrected chi connectivity index (χ2v) is 5.04. The van der Waals surface area contributed by atoms with Gasteiger partial charge in [0, 0.05) is 23.4 Å². The summed E-state index contributed by atoms with van der Waals surface area (Å²) in [5.74, 6) is -0.821. The van der Waals surface area contributed by atoms with Crippen LogP contribution in [0.15, 0.2) is 29.1 Å². The largest absolute Gasteiger partial charge is 0.348 e. The Morgan fingerprint density at radius 3 is 2.67 bits per heavy atom.